The summed E-state index contributed by atoms with van der Waals surface area (Å²) in [6.45, 7) is 8.51. The van der Waals surface area contributed by atoms with Crippen molar-refractivity contribution in [1.29, 1.82) is 0 Å². The zero-order chi connectivity index (χ0) is 10.8. The van der Waals surface area contributed by atoms with Gasteiger partial charge in [0.25, 0.3) is 0 Å². The normalized spacial score (nSPS) is 34.5. The molecular formula is C11H23NO2. The SMILES string of the molecule is CC1CC(NCC(C)(C)O)CC(C)O1. The van der Waals surface area contributed by atoms with Gasteiger partial charge in [0, 0.05) is 12.6 Å². The summed E-state index contributed by atoms with van der Waals surface area (Å²) in [6.07, 6.45) is 2.75. The standard InChI is InChI=1S/C11H23NO2/c1-8-5-10(6-9(2)14-8)12-7-11(3,4)13/h8-10,12-13H,5-7H2,1-4H3. The maximum absolute atomic E-state index is 9.59. The van der Waals surface area contributed by atoms with Crippen molar-refractivity contribution in [3.05, 3.63) is 0 Å². The van der Waals surface area contributed by atoms with Crippen molar-refractivity contribution in [3.8, 4) is 0 Å². The number of hydrogen-bond donors (Lipinski definition) is 2. The largest absolute Gasteiger partial charge is 0.389 e. The van der Waals surface area contributed by atoms with E-state index in [1.54, 1.807) is 0 Å². The van der Waals surface area contributed by atoms with Crippen LogP contribution in [-0.4, -0.2) is 35.5 Å². The second kappa shape index (κ2) is 4.60. The van der Waals surface area contributed by atoms with Crippen molar-refractivity contribution < 1.29 is 9.84 Å². The molecule has 84 valence electrons. The molecule has 1 aliphatic heterocycles. The first-order valence-corrected chi connectivity index (χ1v) is 5.48. The van der Waals surface area contributed by atoms with E-state index in [1.165, 1.54) is 0 Å². The van der Waals surface area contributed by atoms with Gasteiger partial charge in [0.15, 0.2) is 0 Å². The van der Waals surface area contributed by atoms with Gasteiger partial charge in [-0.2, -0.15) is 0 Å². The maximum atomic E-state index is 9.59. The zero-order valence-electron chi connectivity index (χ0n) is 9.71. The first-order valence-electron chi connectivity index (χ1n) is 5.48. The second-order valence-corrected chi connectivity index (χ2v) is 5.12. The molecule has 0 amide bonds. The number of nitrogens with one attached hydrogen (secondary N) is 1. The highest BCUT2D eigenvalue weighted by molar-refractivity contribution is 4.81. The third-order valence-electron chi connectivity index (χ3n) is 2.52. The van der Waals surface area contributed by atoms with E-state index in [9.17, 15) is 5.11 Å². The molecule has 2 N–H and O–H groups in total. The number of ether oxygens (including phenoxy) is 1. The Kier molecular flexibility index (Phi) is 3.93. The van der Waals surface area contributed by atoms with E-state index >= 15 is 0 Å². The predicted molar refractivity (Wildman–Crippen MR) is 57.3 cm³/mol. The summed E-state index contributed by atoms with van der Waals surface area (Å²) in [4.78, 5) is 0. The van der Waals surface area contributed by atoms with Gasteiger partial charge in [-0.05, 0) is 40.5 Å². The van der Waals surface area contributed by atoms with Crippen LogP contribution in [0.15, 0.2) is 0 Å². The maximum Gasteiger partial charge on any atom is 0.0715 e. The third-order valence-corrected chi connectivity index (χ3v) is 2.52. The summed E-state index contributed by atoms with van der Waals surface area (Å²) in [5.74, 6) is 0. The summed E-state index contributed by atoms with van der Waals surface area (Å²) in [5, 5.41) is 13.0. The number of aliphatic hydroxyl groups is 1. The Labute approximate surface area is 86.8 Å². The molecule has 0 aromatic rings. The van der Waals surface area contributed by atoms with Crippen molar-refractivity contribution in [2.24, 2.45) is 0 Å². The lowest BCUT2D eigenvalue weighted by molar-refractivity contribution is -0.0452. The molecule has 0 aromatic carbocycles. The van der Waals surface area contributed by atoms with Crippen LogP contribution in [0.3, 0.4) is 0 Å². The summed E-state index contributed by atoms with van der Waals surface area (Å²) in [5.41, 5.74) is -0.620. The van der Waals surface area contributed by atoms with Gasteiger partial charge in [-0.15, -0.1) is 0 Å². The molecule has 3 heteroatoms. The molecule has 0 aliphatic carbocycles. The predicted octanol–water partition coefficient (Wildman–Crippen LogP) is 1.30. The Morgan fingerprint density at radius 1 is 1.29 bits per heavy atom. The molecule has 0 spiro atoms. The van der Waals surface area contributed by atoms with E-state index < -0.39 is 5.60 Å². The van der Waals surface area contributed by atoms with Crippen LogP contribution in [0.4, 0.5) is 0 Å². The van der Waals surface area contributed by atoms with Crippen LogP contribution in [0.5, 0.6) is 0 Å². The molecule has 0 saturated carbocycles. The van der Waals surface area contributed by atoms with E-state index in [4.69, 9.17) is 4.74 Å². The minimum absolute atomic E-state index is 0.332. The van der Waals surface area contributed by atoms with Crippen molar-refractivity contribution in [2.45, 2.75) is 64.4 Å². The molecule has 1 fully saturated rings. The average Bonchev–Trinajstić information content (AvgIpc) is 1.97. The summed E-state index contributed by atoms with van der Waals surface area (Å²) >= 11 is 0. The van der Waals surface area contributed by atoms with Gasteiger partial charge in [-0.1, -0.05) is 0 Å². The lowest BCUT2D eigenvalue weighted by atomic mass is 9.99. The van der Waals surface area contributed by atoms with Gasteiger partial charge < -0.3 is 15.2 Å². The van der Waals surface area contributed by atoms with E-state index in [1.807, 2.05) is 13.8 Å². The third kappa shape index (κ3) is 4.40. The van der Waals surface area contributed by atoms with Crippen molar-refractivity contribution in [1.82, 2.24) is 5.32 Å². The van der Waals surface area contributed by atoms with Crippen LogP contribution in [0.1, 0.15) is 40.5 Å². The van der Waals surface area contributed by atoms with Crippen molar-refractivity contribution >= 4 is 0 Å². The molecule has 1 aliphatic rings. The van der Waals surface area contributed by atoms with Crippen molar-refractivity contribution in [2.75, 3.05) is 6.54 Å². The van der Waals surface area contributed by atoms with Gasteiger partial charge >= 0.3 is 0 Å². The van der Waals surface area contributed by atoms with Crippen LogP contribution < -0.4 is 5.32 Å². The fourth-order valence-corrected chi connectivity index (χ4v) is 1.97. The lowest BCUT2D eigenvalue weighted by Gasteiger charge is -2.34. The van der Waals surface area contributed by atoms with Gasteiger partial charge in [-0.3, -0.25) is 0 Å². The molecule has 0 radical (unpaired) electrons. The Morgan fingerprint density at radius 2 is 1.79 bits per heavy atom. The van der Waals surface area contributed by atoms with Gasteiger partial charge in [-0.25, -0.2) is 0 Å². The average molecular weight is 201 g/mol. The molecule has 14 heavy (non-hydrogen) atoms. The van der Waals surface area contributed by atoms with Gasteiger partial charge in [0.2, 0.25) is 0 Å². The van der Waals surface area contributed by atoms with Gasteiger partial charge in [0.05, 0.1) is 17.8 Å². The van der Waals surface area contributed by atoms with Crippen LogP contribution in [0.25, 0.3) is 0 Å². The Bertz CT molecular complexity index is 167. The topological polar surface area (TPSA) is 41.5 Å². The summed E-state index contributed by atoms with van der Waals surface area (Å²) in [6, 6.07) is 0.486. The minimum Gasteiger partial charge on any atom is -0.389 e. The molecule has 2 unspecified atom stereocenters. The van der Waals surface area contributed by atoms with Crippen LogP contribution in [0, 0.1) is 0 Å². The highest BCUT2D eigenvalue weighted by Crippen LogP contribution is 2.19. The number of hydrogen-bond acceptors (Lipinski definition) is 3. The van der Waals surface area contributed by atoms with E-state index in [0.717, 1.165) is 12.8 Å². The lowest BCUT2D eigenvalue weighted by Crippen LogP contribution is -2.46. The van der Waals surface area contributed by atoms with E-state index in [0.29, 0.717) is 24.8 Å². The molecule has 0 bridgehead atoms. The first kappa shape index (κ1) is 12.0. The van der Waals surface area contributed by atoms with Crippen molar-refractivity contribution in [3.63, 3.8) is 0 Å². The second-order valence-electron chi connectivity index (χ2n) is 5.12. The molecule has 1 heterocycles. The summed E-state index contributed by atoms with van der Waals surface area (Å²) in [7, 11) is 0. The Balaban J connectivity index is 2.30. The fourth-order valence-electron chi connectivity index (χ4n) is 1.97. The quantitative estimate of drug-likeness (QED) is 0.723. The van der Waals surface area contributed by atoms with E-state index in [2.05, 4.69) is 19.2 Å². The summed E-state index contributed by atoms with van der Waals surface area (Å²) < 4.78 is 5.65. The van der Waals surface area contributed by atoms with Crippen LogP contribution in [-0.2, 0) is 4.74 Å². The van der Waals surface area contributed by atoms with Crippen LogP contribution >= 0.6 is 0 Å². The molecule has 2 atom stereocenters. The van der Waals surface area contributed by atoms with E-state index in [-0.39, 0.29) is 0 Å². The Hall–Kier alpha value is -0.120. The fraction of sp³-hybridized carbons (Fsp3) is 1.00. The molecule has 1 saturated heterocycles. The number of rotatable bonds is 3. The zero-order valence-corrected chi connectivity index (χ0v) is 9.71. The molecular weight excluding hydrogens is 178 g/mol. The Morgan fingerprint density at radius 3 is 2.21 bits per heavy atom. The highest BCUT2D eigenvalue weighted by atomic mass is 16.5. The monoisotopic (exact) mass is 201 g/mol. The van der Waals surface area contributed by atoms with Crippen LogP contribution in [0.2, 0.25) is 0 Å². The minimum atomic E-state index is -0.620. The molecule has 1 rings (SSSR count). The van der Waals surface area contributed by atoms with Gasteiger partial charge in [0.1, 0.15) is 0 Å². The first-order chi connectivity index (χ1) is 6.37. The molecule has 0 aromatic heterocycles. The smallest absolute Gasteiger partial charge is 0.0715 e. The molecule has 3 nitrogen and oxygen atoms in total. The highest BCUT2D eigenvalue weighted by Gasteiger charge is 2.25.